The van der Waals surface area contributed by atoms with Gasteiger partial charge in [-0.1, -0.05) is 37.3 Å². The van der Waals surface area contributed by atoms with E-state index in [4.69, 9.17) is 4.74 Å². The van der Waals surface area contributed by atoms with Crippen LogP contribution in [0.1, 0.15) is 18.9 Å². The summed E-state index contributed by atoms with van der Waals surface area (Å²) in [6, 6.07) is 11.7. The van der Waals surface area contributed by atoms with Crippen molar-refractivity contribution in [2.75, 3.05) is 11.9 Å². The summed E-state index contributed by atoms with van der Waals surface area (Å²) in [5.41, 5.74) is 0.324. The first-order valence-electron chi connectivity index (χ1n) is 8.32. The Labute approximate surface area is 162 Å². The lowest BCUT2D eigenvalue weighted by atomic mass is 10.0. The van der Waals surface area contributed by atoms with Gasteiger partial charge in [-0.25, -0.2) is 0 Å². The van der Waals surface area contributed by atoms with Crippen LogP contribution in [0.5, 0.6) is 5.75 Å². The maximum atomic E-state index is 11.8. The van der Waals surface area contributed by atoms with Gasteiger partial charge in [0.25, 0.3) is 5.56 Å². The number of aromatic nitrogens is 2. The molecule has 0 aliphatic rings. The van der Waals surface area contributed by atoms with Gasteiger partial charge in [0.15, 0.2) is 5.69 Å². The molecular formula is C18H17BrN4O4. The first-order valence-corrected chi connectivity index (χ1v) is 9.12. The lowest BCUT2D eigenvalue weighted by Gasteiger charge is -2.15. The van der Waals surface area contributed by atoms with Gasteiger partial charge in [0.05, 0.1) is 11.7 Å². The molecule has 0 saturated carbocycles. The molecule has 1 aromatic heterocycles. The van der Waals surface area contributed by atoms with Gasteiger partial charge in [-0.15, -0.1) is 5.10 Å². The number of fused-ring (bicyclic) bond motifs is 1. The monoisotopic (exact) mass is 432 g/mol. The standard InChI is InChI=1S/C18H17BrN4O4/c1-2-9-27-14-8-7-11-5-3-4-6-12(11)13(14)10-20-16-15(19)18(24)22-21-17(16)23(25)26/h3-8H,2,9-10H2,1H3,(H2,20,22,24). The van der Waals surface area contributed by atoms with Crippen molar-refractivity contribution in [2.24, 2.45) is 0 Å². The molecule has 0 amide bonds. The van der Waals surface area contributed by atoms with Crippen LogP contribution in [0.25, 0.3) is 10.8 Å². The smallest absolute Gasteiger partial charge is 0.412 e. The molecule has 140 valence electrons. The maximum Gasteiger partial charge on any atom is 0.412 e. The van der Waals surface area contributed by atoms with Gasteiger partial charge in [-0.2, -0.15) is 0 Å². The molecule has 9 heteroatoms. The number of H-pyrrole nitrogens is 1. The van der Waals surface area contributed by atoms with Crippen molar-refractivity contribution >= 4 is 38.2 Å². The van der Waals surface area contributed by atoms with E-state index in [9.17, 15) is 14.9 Å². The van der Waals surface area contributed by atoms with Gasteiger partial charge in [-0.05, 0) is 44.1 Å². The molecule has 0 spiro atoms. The number of rotatable bonds is 7. The number of halogens is 1. The van der Waals surface area contributed by atoms with Crippen LogP contribution in [-0.2, 0) is 6.54 Å². The fourth-order valence-electron chi connectivity index (χ4n) is 2.73. The highest BCUT2D eigenvalue weighted by atomic mass is 79.9. The lowest BCUT2D eigenvalue weighted by Crippen LogP contribution is -2.16. The Hall–Kier alpha value is -2.94. The van der Waals surface area contributed by atoms with Gasteiger partial charge in [0.1, 0.15) is 10.2 Å². The zero-order valence-corrected chi connectivity index (χ0v) is 16.1. The minimum atomic E-state index is -0.652. The highest BCUT2D eigenvalue weighted by Gasteiger charge is 2.22. The Morgan fingerprint density at radius 3 is 2.81 bits per heavy atom. The van der Waals surface area contributed by atoms with E-state index in [-0.39, 0.29) is 16.7 Å². The fraction of sp³-hybridized carbons (Fsp3) is 0.222. The minimum Gasteiger partial charge on any atom is -0.493 e. The number of anilines is 1. The number of nitrogens with zero attached hydrogens (tertiary/aromatic N) is 2. The summed E-state index contributed by atoms with van der Waals surface area (Å²) >= 11 is 3.10. The average molecular weight is 433 g/mol. The normalized spacial score (nSPS) is 10.7. The minimum absolute atomic E-state index is 0.0260. The Balaban J connectivity index is 2.03. The van der Waals surface area contributed by atoms with E-state index in [0.29, 0.717) is 12.4 Å². The summed E-state index contributed by atoms with van der Waals surface area (Å²) in [4.78, 5) is 22.4. The van der Waals surface area contributed by atoms with Crippen LogP contribution in [0, 0.1) is 10.1 Å². The summed E-state index contributed by atoms with van der Waals surface area (Å²) < 4.78 is 5.87. The van der Waals surface area contributed by atoms with E-state index in [1.165, 1.54) is 0 Å². The van der Waals surface area contributed by atoms with E-state index < -0.39 is 16.3 Å². The van der Waals surface area contributed by atoms with E-state index in [1.54, 1.807) is 0 Å². The molecule has 8 nitrogen and oxygen atoms in total. The van der Waals surface area contributed by atoms with Crippen molar-refractivity contribution < 1.29 is 9.66 Å². The first kappa shape index (κ1) is 18.8. The third-order valence-electron chi connectivity index (χ3n) is 3.98. The zero-order chi connectivity index (χ0) is 19.4. The SMILES string of the molecule is CCCOc1ccc2ccccc2c1CNc1c([N+](=O)[O-])n[nH]c(=O)c1Br. The Kier molecular flexibility index (Phi) is 5.70. The molecule has 0 bridgehead atoms. The van der Waals surface area contributed by atoms with E-state index in [0.717, 1.165) is 22.8 Å². The van der Waals surface area contributed by atoms with Crippen molar-refractivity contribution in [1.82, 2.24) is 10.2 Å². The van der Waals surface area contributed by atoms with Gasteiger partial charge >= 0.3 is 5.82 Å². The second-order valence-corrected chi connectivity index (χ2v) is 6.58. The Morgan fingerprint density at radius 2 is 2.07 bits per heavy atom. The van der Waals surface area contributed by atoms with Crippen LogP contribution in [0.2, 0.25) is 0 Å². The van der Waals surface area contributed by atoms with Crippen LogP contribution >= 0.6 is 15.9 Å². The van der Waals surface area contributed by atoms with Crippen LogP contribution in [0.15, 0.2) is 45.7 Å². The summed E-state index contributed by atoms with van der Waals surface area (Å²) in [5.74, 6) is 0.234. The number of hydrogen-bond acceptors (Lipinski definition) is 6. The predicted molar refractivity (Wildman–Crippen MR) is 106 cm³/mol. The molecule has 0 aliphatic heterocycles. The Bertz CT molecular complexity index is 1050. The average Bonchev–Trinajstić information content (AvgIpc) is 2.67. The molecule has 3 aromatic rings. The lowest BCUT2D eigenvalue weighted by molar-refractivity contribution is -0.389. The second kappa shape index (κ2) is 8.17. The van der Waals surface area contributed by atoms with Crippen molar-refractivity contribution in [3.05, 3.63) is 66.9 Å². The van der Waals surface area contributed by atoms with Crippen molar-refractivity contribution in [1.29, 1.82) is 0 Å². The largest absolute Gasteiger partial charge is 0.493 e. The molecule has 0 saturated heterocycles. The van der Waals surface area contributed by atoms with Gasteiger partial charge in [0.2, 0.25) is 0 Å². The zero-order valence-electron chi connectivity index (χ0n) is 14.5. The van der Waals surface area contributed by atoms with Crippen LogP contribution in [0.4, 0.5) is 11.5 Å². The fourth-order valence-corrected chi connectivity index (χ4v) is 3.14. The molecule has 1 heterocycles. The van der Waals surface area contributed by atoms with E-state index in [2.05, 4.69) is 31.4 Å². The molecule has 0 unspecified atom stereocenters. The highest BCUT2D eigenvalue weighted by molar-refractivity contribution is 9.10. The molecule has 2 aromatic carbocycles. The number of nitro groups is 1. The molecule has 27 heavy (non-hydrogen) atoms. The molecule has 0 fully saturated rings. The summed E-state index contributed by atoms with van der Waals surface area (Å²) in [5, 5.41) is 21.8. The Morgan fingerprint density at radius 1 is 1.30 bits per heavy atom. The number of aromatic amines is 1. The molecule has 0 aliphatic carbocycles. The molecule has 3 rings (SSSR count). The highest BCUT2D eigenvalue weighted by Crippen LogP contribution is 2.32. The number of benzene rings is 2. The number of hydrogen-bond donors (Lipinski definition) is 2. The van der Waals surface area contributed by atoms with Crippen molar-refractivity contribution in [2.45, 2.75) is 19.9 Å². The number of ether oxygens (including phenoxy) is 1. The molecular weight excluding hydrogens is 416 g/mol. The third kappa shape index (κ3) is 3.92. The van der Waals surface area contributed by atoms with E-state index >= 15 is 0 Å². The van der Waals surface area contributed by atoms with Crippen LogP contribution in [0.3, 0.4) is 0 Å². The van der Waals surface area contributed by atoms with Crippen LogP contribution < -0.4 is 15.6 Å². The third-order valence-corrected chi connectivity index (χ3v) is 4.74. The van der Waals surface area contributed by atoms with E-state index in [1.807, 2.05) is 43.3 Å². The van der Waals surface area contributed by atoms with Crippen molar-refractivity contribution in [3.8, 4) is 5.75 Å². The number of nitrogens with one attached hydrogen (secondary N) is 2. The van der Waals surface area contributed by atoms with Gasteiger partial charge in [0, 0.05) is 12.1 Å². The van der Waals surface area contributed by atoms with Gasteiger partial charge < -0.3 is 20.2 Å². The molecule has 0 radical (unpaired) electrons. The van der Waals surface area contributed by atoms with Crippen molar-refractivity contribution in [3.63, 3.8) is 0 Å². The summed E-state index contributed by atoms with van der Waals surface area (Å²) in [6.07, 6.45) is 0.856. The second-order valence-electron chi connectivity index (χ2n) is 5.79. The quantitative estimate of drug-likeness (QED) is 0.431. The van der Waals surface area contributed by atoms with Crippen LogP contribution in [-0.4, -0.2) is 21.7 Å². The topological polar surface area (TPSA) is 110 Å². The maximum absolute atomic E-state index is 11.8. The van der Waals surface area contributed by atoms with Gasteiger partial charge in [-0.3, -0.25) is 4.79 Å². The molecule has 0 atom stereocenters. The summed E-state index contributed by atoms with van der Waals surface area (Å²) in [7, 11) is 0. The predicted octanol–water partition coefficient (Wildman–Crippen LogP) is 3.99. The molecule has 2 N–H and O–H groups in total. The summed E-state index contributed by atoms with van der Waals surface area (Å²) in [6.45, 7) is 2.80. The first-order chi connectivity index (χ1) is 13.0.